The van der Waals surface area contributed by atoms with Crippen LogP contribution in [0.4, 0.5) is 0 Å². The van der Waals surface area contributed by atoms with Crippen molar-refractivity contribution in [1.29, 1.82) is 0 Å². The van der Waals surface area contributed by atoms with Crippen molar-refractivity contribution in [2.45, 2.75) is 25.7 Å². The summed E-state index contributed by atoms with van der Waals surface area (Å²) in [6, 6.07) is 10.4. The SMILES string of the molecule is CN(CCc1ccccc1)CC1(CC(=O)O)CC1. The summed E-state index contributed by atoms with van der Waals surface area (Å²) in [5, 5.41) is 8.89. The minimum absolute atomic E-state index is 0.0667. The highest BCUT2D eigenvalue weighted by molar-refractivity contribution is 5.68. The maximum atomic E-state index is 10.8. The lowest BCUT2D eigenvalue weighted by Crippen LogP contribution is -2.30. The van der Waals surface area contributed by atoms with Crippen LogP contribution in [0.25, 0.3) is 0 Å². The van der Waals surface area contributed by atoms with Gasteiger partial charge in [0, 0.05) is 13.1 Å². The van der Waals surface area contributed by atoms with E-state index in [0.717, 1.165) is 32.4 Å². The smallest absolute Gasteiger partial charge is 0.303 e. The normalized spacial score (nSPS) is 16.8. The Morgan fingerprint density at radius 1 is 1.33 bits per heavy atom. The molecule has 0 saturated heterocycles. The van der Waals surface area contributed by atoms with Gasteiger partial charge in [-0.2, -0.15) is 0 Å². The molecule has 0 unspecified atom stereocenters. The summed E-state index contributed by atoms with van der Waals surface area (Å²) in [5.74, 6) is -0.663. The summed E-state index contributed by atoms with van der Waals surface area (Å²) >= 11 is 0. The molecule has 98 valence electrons. The van der Waals surface area contributed by atoms with E-state index in [9.17, 15) is 4.79 Å². The summed E-state index contributed by atoms with van der Waals surface area (Å²) < 4.78 is 0. The van der Waals surface area contributed by atoms with Gasteiger partial charge in [0.15, 0.2) is 0 Å². The monoisotopic (exact) mass is 247 g/mol. The highest BCUT2D eigenvalue weighted by Crippen LogP contribution is 2.49. The third-order valence-electron chi connectivity index (χ3n) is 3.71. The van der Waals surface area contributed by atoms with Gasteiger partial charge >= 0.3 is 5.97 Å². The molecule has 0 aliphatic heterocycles. The second-order valence-electron chi connectivity index (χ2n) is 5.54. The van der Waals surface area contributed by atoms with Crippen molar-refractivity contribution in [3.63, 3.8) is 0 Å². The van der Waals surface area contributed by atoms with Crippen molar-refractivity contribution in [1.82, 2.24) is 4.90 Å². The molecule has 0 bridgehead atoms. The van der Waals surface area contributed by atoms with Gasteiger partial charge in [-0.1, -0.05) is 30.3 Å². The van der Waals surface area contributed by atoms with Crippen molar-refractivity contribution in [3.05, 3.63) is 35.9 Å². The van der Waals surface area contributed by atoms with Crippen LogP contribution in [0.5, 0.6) is 0 Å². The van der Waals surface area contributed by atoms with Gasteiger partial charge in [-0.05, 0) is 37.3 Å². The Morgan fingerprint density at radius 2 is 2.00 bits per heavy atom. The standard InChI is InChI=1S/C15H21NO2/c1-16(10-7-13-5-3-2-4-6-13)12-15(8-9-15)11-14(17)18/h2-6H,7-12H2,1H3,(H,17,18). The van der Waals surface area contributed by atoms with E-state index < -0.39 is 5.97 Å². The van der Waals surface area contributed by atoms with Crippen LogP contribution in [0.3, 0.4) is 0 Å². The molecular formula is C15H21NO2. The molecule has 18 heavy (non-hydrogen) atoms. The van der Waals surface area contributed by atoms with E-state index in [-0.39, 0.29) is 5.41 Å². The van der Waals surface area contributed by atoms with Gasteiger partial charge < -0.3 is 10.0 Å². The Hall–Kier alpha value is -1.35. The molecule has 1 aliphatic rings. The Morgan fingerprint density at radius 3 is 2.56 bits per heavy atom. The first-order chi connectivity index (χ1) is 8.60. The molecule has 0 radical (unpaired) electrons. The number of aliphatic carboxylic acids is 1. The van der Waals surface area contributed by atoms with Gasteiger partial charge in [-0.15, -0.1) is 0 Å². The molecule has 1 aliphatic carbocycles. The van der Waals surface area contributed by atoms with Gasteiger partial charge in [0.1, 0.15) is 0 Å². The lowest BCUT2D eigenvalue weighted by atomic mass is 10.0. The number of benzene rings is 1. The summed E-state index contributed by atoms with van der Waals surface area (Å²) in [5.41, 5.74) is 1.41. The highest BCUT2D eigenvalue weighted by Gasteiger charge is 2.44. The zero-order valence-corrected chi connectivity index (χ0v) is 10.9. The predicted octanol–water partition coefficient (Wildman–Crippen LogP) is 2.42. The molecule has 3 nitrogen and oxygen atoms in total. The first kappa shape index (κ1) is 13.1. The average molecular weight is 247 g/mol. The van der Waals surface area contributed by atoms with Gasteiger partial charge in [0.05, 0.1) is 6.42 Å². The van der Waals surface area contributed by atoms with Crippen molar-refractivity contribution in [2.75, 3.05) is 20.1 Å². The summed E-state index contributed by atoms with van der Waals surface area (Å²) in [6.07, 6.45) is 3.48. The molecule has 3 heteroatoms. The second-order valence-corrected chi connectivity index (χ2v) is 5.54. The molecule has 0 spiro atoms. The van der Waals surface area contributed by atoms with E-state index >= 15 is 0 Å². The minimum atomic E-state index is -0.663. The number of nitrogens with zero attached hydrogens (tertiary/aromatic N) is 1. The molecule has 1 aromatic carbocycles. The Bertz CT molecular complexity index is 398. The highest BCUT2D eigenvalue weighted by atomic mass is 16.4. The fourth-order valence-corrected chi connectivity index (χ4v) is 2.50. The van der Waals surface area contributed by atoms with Crippen LogP contribution in [0.15, 0.2) is 30.3 Å². The van der Waals surface area contributed by atoms with Crippen LogP contribution in [0.1, 0.15) is 24.8 Å². The van der Waals surface area contributed by atoms with Crippen LogP contribution in [0.2, 0.25) is 0 Å². The Balaban J connectivity index is 1.76. The number of likely N-dealkylation sites (N-methyl/N-ethyl adjacent to an activating group) is 1. The van der Waals surface area contributed by atoms with Crippen molar-refractivity contribution in [2.24, 2.45) is 5.41 Å². The van der Waals surface area contributed by atoms with Crippen LogP contribution >= 0.6 is 0 Å². The topological polar surface area (TPSA) is 40.5 Å². The van der Waals surface area contributed by atoms with E-state index in [1.807, 2.05) is 6.07 Å². The fourth-order valence-electron chi connectivity index (χ4n) is 2.50. The minimum Gasteiger partial charge on any atom is -0.481 e. The summed E-state index contributed by atoms with van der Waals surface area (Å²) in [6.45, 7) is 1.90. The number of rotatable bonds is 7. The number of carboxylic acids is 1. The van der Waals surface area contributed by atoms with E-state index in [1.54, 1.807) is 0 Å². The second kappa shape index (κ2) is 5.53. The van der Waals surface area contributed by atoms with E-state index in [2.05, 4.69) is 36.2 Å². The molecule has 0 amide bonds. The maximum Gasteiger partial charge on any atom is 0.303 e. The largest absolute Gasteiger partial charge is 0.481 e. The first-order valence-corrected chi connectivity index (χ1v) is 6.54. The van der Waals surface area contributed by atoms with Crippen LogP contribution in [-0.4, -0.2) is 36.1 Å². The van der Waals surface area contributed by atoms with E-state index in [0.29, 0.717) is 6.42 Å². The Kier molecular flexibility index (Phi) is 4.02. The number of carboxylic acid groups (broad SMARTS) is 1. The predicted molar refractivity (Wildman–Crippen MR) is 71.6 cm³/mol. The summed E-state index contributed by atoms with van der Waals surface area (Å²) in [4.78, 5) is 13.1. The third-order valence-corrected chi connectivity index (χ3v) is 3.71. The van der Waals surface area contributed by atoms with Gasteiger partial charge in [-0.25, -0.2) is 0 Å². The lowest BCUT2D eigenvalue weighted by Gasteiger charge is -2.22. The van der Waals surface area contributed by atoms with Crippen LogP contribution in [0, 0.1) is 5.41 Å². The summed E-state index contributed by atoms with van der Waals surface area (Å²) in [7, 11) is 2.09. The lowest BCUT2D eigenvalue weighted by molar-refractivity contribution is -0.138. The quantitative estimate of drug-likeness (QED) is 0.804. The fraction of sp³-hybridized carbons (Fsp3) is 0.533. The number of hydrogen-bond acceptors (Lipinski definition) is 2. The average Bonchev–Trinajstić information content (AvgIpc) is 3.06. The third kappa shape index (κ3) is 3.84. The Labute approximate surface area is 108 Å². The number of hydrogen-bond donors (Lipinski definition) is 1. The van der Waals surface area contributed by atoms with Gasteiger partial charge in [0.25, 0.3) is 0 Å². The zero-order chi connectivity index (χ0) is 13.0. The number of carbonyl (C=O) groups is 1. The molecule has 0 atom stereocenters. The molecule has 2 rings (SSSR count). The van der Waals surface area contributed by atoms with E-state index in [1.165, 1.54) is 5.56 Å². The molecule has 0 aromatic heterocycles. The van der Waals surface area contributed by atoms with Crippen LogP contribution < -0.4 is 0 Å². The molecule has 1 aromatic rings. The molecule has 1 N–H and O–H groups in total. The van der Waals surface area contributed by atoms with Gasteiger partial charge in [-0.3, -0.25) is 4.79 Å². The maximum absolute atomic E-state index is 10.8. The molecule has 1 fully saturated rings. The molecule has 0 heterocycles. The molecule has 1 saturated carbocycles. The zero-order valence-electron chi connectivity index (χ0n) is 10.9. The van der Waals surface area contributed by atoms with Crippen molar-refractivity contribution >= 4 is 5.97 Å². The van der Waals surface area contributed by atoms with Crippen molar-refractivity contribution in [3.8, 4) is 0 Å². The van der Waals surface area contributed by atoms with Crippen molar-refractivity contribution < 1.29 is 9.90 Å². The first-order valence-electron chi connectivity index (χ1n) is 6.54. The van der Waals surface area contributed by atoms with Crippen LogP contribution in [-0.2, 0) is 11.2 Å². The van der Waals surface area contributed by atoms with E-state index in [4.69, 9.17) is 5.11 Å². The van der Waals surface area contributed by atoms with Gasteiger partial charge in [0.2, 0.25) is 0 Å². The molecular weight excluding hydrogens is 226 g/mol.